The number of carboxylic acid groups (broad SMARTS) is 1. The van der Waals surface area contributed by atoms with Crippen molar-refractivity contribution in [3.05, 3.63) is 0 Å². The third-order valence-corrected chi connectivity index (χ3v) is 3.48. The summed E-state index contributed by atoms with van der Waals surface area (Å²) in [5, 5.41) is 14.4. The van der Waals surface area contributed by atoms with Gasteiger partial charge in [0, 0.05) is 19.6 Å². The molecule has 1 heterocycles. The van der Waals surface area contributed by atoms with Gasteiger partial charge in [-0.3, -0.25) is 14.4 Å². The fraction of sp³-hybridized carbons (Fsp3) is 0.800. The molecule has 7 nitrogen and oxygen atoms in total. The lowest BCUT2D eigenvalue weighted by molar-refractivity contribution is -0.140. The molecular formula is C15H26N2O5. The molecule has 0 spiro atoms. The summed E-state index contributed by atoms with van der Waals surface area (Å²) in [6.45, 7) is 6.52. The standard InChI is InChI=1S/C15H26N2O5/c1-14(2,3)8-11(18)16-10-12(19)17-15(9-13(20)21)4-6-22-7-5-15/h4-10H2,1-3H3,(H,16,18)(H,17,19)(H,20,21). The van der Waals surface area contributed by atoms with Crippen LogP contribution in [-0.2, 0) is 19.1 Å². The van der Waals surface area contributed by atoms with E-state index in [-0.39, 0.29) is 30.2 Å². The van der Waals surface area contributed by atoms with Gasteiger partial charge in [-0.1, -0.05) is 20.8 Å². The van der Waals surface area contributed by atoms with Gasteiger partial charge in [0.1, 0.15) is 0 Å². The Bertz CT molecular complexity index is 422. The van der Waals surface area contributed by atoms with Crippen LogP contribution in [0.5, 0.6) is 0 Å². The molecule has 0 aromatic rings. The van der Waals surface area contributed by atoms with E-state index in [1.165, 1.54) is 0 Å². The summed E-state index contributed by atoms with van der Waals surface area (Å²) in [6, 6.07) is 0. The molecule has 22 heavy (non-hydrogen) atoms. The Morgan fingerprint density at radius 2 is 1.73 bits per heavy atom. The van der Waals surface area contributed by atoms with Crippen molar-refractivity contribution in [3.63, 3.8) is 0 Å². The van der Waals surface area contributed by atoms with Crippen LogP contribution in [0.1, 0.15) is 46.5 Å². The molecule has 3 N–H and O–H groups in total. The molecule has 2 amide bonds. The van der Waals surface area contributed by atoms with E-state index in [9.17, 15) is 14.4 Å². The van der Waals surface area contributed by atoms with Gasteiger partial charge < -0.3 is 20.5 Å². The molecule has 1 fully saturated rings. The van der Waals surface area contributed by atoms with Gasteiger partial charge in [-0.25, -0.2) is 0 Å². The van der Waals surface area contributed by atoms with Crippen molar-refractivity contribution < 1.29 is 24.2 Å². The summed E-state index contributed by atoms with van der Waals surface area (Å²) in [4.78, 5) is 34.7. The van der Waals surface area contributed by atoms with Crippen LogP contribution in [0.15, 0.2) is 0 Å². The molecule has 1 saturated heterocycles. The number of carboxylic acids is 1. The van der Waals surface area contributed by atoms with E-state index >= 15 is 0 Å². The minimum atomic E-state index is -0.959. The minimum absolute atomic E-state index is 0.141. The maximum absolute atomic E-state index is 12.0. The highest BCUT2D eigenvalue weighted by Crippen LogP contribution is 2.24. The molecule has 0 radical (unpaired) electrons. The lowest BCUT2D eigenvalue weighted by Gasteiger charge is -2.36. The first kappa shape index (κ1) is 18.4. The van der Waals surface area contributed by atoms with Gasteiger partial charge in [0.25, 0.3) is 0 Å². The first-order chi connectivity index (χ1) is 10.1. The van der Waals surface area contributed by atoms with Crippen LogP contribution >= 0.6 is 0 Å². The monoisotopic (exact) mass is 314 g/mol. The van der Waals surface area contributed by atoms with Gasteiger partial charge >= 0.3 is 5.97 Å². The summed E-state index contributed by atoms with van der Waals surface area (Å²) in [5.74, 6) is -1.52. The van der Waals surface area contributed by atoms with Crippen LogP contribution in [0.3, 0.4) is 0 Å². The molecule has 1 rings (SSSR count). The van der Waals surface area contributed by atoms with E-state index in [0.717, 1.165) is 0 Å². The number of hydrogen-bond donors (Lipinski definition) is 3. The molecule has 0 bridgehead atoms. The van der Waals surface area contributed by atoms with Gasteiger partial charge in [0.15, 0.2) is 0 Å². The zero-order chi connectivity index (χ0) is 16.8. The highest BCUT2D eigenvalue weighted by atomic mass is 16.5. The average Bonchev–Trinajstić information content (AvgIpc) is 2.34. The van der Waals surface area contributed by atoms with E-state index in [4.69, 9.17) is 9.84 Å². The smallest absolute Gasteiger partial charge is 0.305 e. The number of nitrogens with one attached hydrogen (secondary N) is 2. The second-order valence-corrected chi connectivity index (χ2v) is 7.03. The summed E-state index contributed by atoms with van der Waals surface area (Å²) in [6.07, 6.45) is 1.11. The number of ether oxygens (including phenoxy) is 1. The zero-order valence-corrected chi connectivity index (χ0v) is 13.5. The van der Waals surface area contributed by atoms with Crippen molar-refractivity contribution in [2.45, 2.75) is 52.0 Å². The molecule has 7 heteroatoms. The van der Waals surface area contributed by atoms with Crippen LogP contribution in [-0.4, -0.2) is 48.2 Å². The fourth-order valence-corrected chi connectivity index (χ4v) is 2.46. The molecular weight excluding hydrogens is 288 g/mol. The SMILES string of the molecule is CC(C)(C)CC(=O)NCC(=O)NC1(CC(=O)O)CCOCC1. The number of carbonyl (C=O) groups excluding carboxylic acids is 2. The van der Waals surface area contributed by atoms with Crippen molar-refractivity contribution in [3.8, 4) is 0 Å². The second kappa shape index (κ2) is 7.58. The highest BCUT2D eigenvalue weighted by Gasteiger charge is 2.36. The Morgan fingerprint density at radius 1 is 1.14 bits per heavy atom. The predicted octanol–water partition coefficient (Wildman–Crippen LogP) is 0.679. The maximum Gasteiger partial charge on any atom is 0.305 e. The lowest BCUT2D eigenvalue weighted by atomic mass is 9.86. The quantitative estimate of drug-likeness (QED) is 0.668. The first-order valence-electron chi connectivity index (χ1n) is 7.49. The summed E-state index contributed by atoms with van der Waals surface area (Å²) in [7, 11) is 0. The molecule has 0 aliphatic carbocycles. The molecule has 126 valence electrons. The van der Waals surface area contributed by atoms with E-state index < -0.39 is 11.5 Å². The zero-order valence-electron chi connectivity index (χ0n) is 13.5. The molecule has 0 unspecified atom stereocenters. The number of aliphatic carboxylic acids is 1. The third kappa shape index (κ3) is 6.89. The largest absolute Gasteiger partial charge is 0.481 e. The van der Waals surface area contributed by atoms with Crippen molar-refractivity contribution in [1.29, 1.82) is 0 Å². The first-order valence-corrected chi connectivity index (χ1v) is 7.49. The Labute approximate surface area is 130 Å². The van der Waals surface area contributed by atoms with Crippen LogP contribution in [0.2, 0.25) is 0 Å². The normalized spacial score (nSPS) is 17.6. The van der Waals surface area contributed by atoms with E-state index in [0.29, 0.717) is 32.5 Å². The molecule has 0 atom stereocenters. The van der Waals surface area contributed by atoms with Gasteiger partial charge in [0.05, 0.1) is 18.5 Å². The number of carbonyl (C=O) groups is 3. The average molecular weight is 314 g/mol. The van der Waals surface area contributed by atoms with Crippen molar-refractivity contribution in [2.24, 2.45) is 5.41 Å². The number of hydrogen-bond acceptors (Lipinski definition) is 4. The highest BCUT2D eigenvalue weighted by molar-refractivity contribution is 5.85. The van der Waals surface area contributed by atoms with Crippen molar-refractivity contribution in [2.75, 3.05) is 19.8 Å². The summed E-state index contributed by atoms with van der Waals surface area (Å²) in [5.41, 5.74) is -0.929. The Kier molecular flexibility index (Phi) is 6.34. The van der Waals surface area contributed by atoms with E-state index in [1.807, 2.05) is 20.8 Å². The summed E-state index contributed by atoms with van der Waals surface area (Å²) >= 11 is 0. The van der Waals surface area contributed by atoms with Gasteiger partial charge in [-0.05, 0) is 18.3 Å². The maximum atomic E-state index is 12.0. The van der Waals surface area contributed by atoms with Crippen molar-refractivity contribution >= 4 is 17.8 Å². The number of rotatable bonds is 6. The Balaban J connectivity index is 2.50. The van der Waals surface area contributed by atoms with Gasteiger partial charge in [-0.2, -0.15) is 0 Å². The molecule has 1 aliphatic rings. The molecule has 0 aromatic carbocycles. The van der Waals surface area contributed by atoms with Crippen LogP contribution < -0.4 is 10.6 Å². The van der Waals surface area contributed by atoms with Gasteiger partial charge in [0.2, 0.25) is 11.8 Å². The lowest BCUT2D eigenvalue weighted by Crippen LogP contribution is -2.55. The van der Waals surface area contributed by atoms with Crippen LogP contribution in [0.25, 0.3) is 0 Å². The Hall–Kier alpha value is -1.63. The third-order valence-electron chi connectivity index (χ3n) is 3.48. The Morgan fingerprint density at radius 3 is 2.23 bits per heavy atom. The van der Waals surface area contributed by atoms with E-state index in [1.54, 1.807) is 0 Å². The molecule has 1 aliphatic heterocycles. The van der Waals surface area contributed by atoms with Crippen LogP contribution in [0.4, 0.5) is 0 Å². The summed E-state index contributed by atoms with van der Waals surface area (Å²) < 4.78 is 5.23. The molecule has 0 aromatic heterocycles. The van der Waals surface area contributed by atoms with Crippen molar-refractivity contribution in [1.82, 2.24) is 10.6 Å². The topological polar surface area (TPSA) is 105 Å². The van der Waals surface area contributed by atoms with Gasteiger partial charge in [-0.15, -0.1) is 0 Å². The molecule has 0 saturated carbocycles. The fourth-order valence-electron chi connectivity index (χ4n) is 2.46. The van der Waals surface area contributed by atoms with E-state index in [2.05, 4.69) is 10.6 Å². The second-order valence-electron chi connectivity index (χ2n) is 7.03. The number of amides is 2. The predicted molar refractivity (Wildman–Crippen MR) is 80.3 cm³/mol. The minimum Gasteiger partial charge on any atom is -0.481 e. The van der Waals surface area contributed by atoms with Crippen LogP contribution in [0, 0.1) is 5.41 Å².